The van der Waals surface area contributed by atoms with E-state index in [0.29, 0.717) is 6.04 Å². The van der Waals surface area contributed by atoms with E-state index in [0.717, 1.165) is 50.4 Å². The molecule has 2 aliphatic rings. The third-order valence-electron chi connectivity index (χ3n) is 5.36. The van der Waals surface area contributed by atoms with Gasteiger partial charge in [-0.05, 0) is 37.4 Å². The quantitative estimate of drug-likeness (QED) is 0.643. The number of nitrogens with one attached hydrogen (secondary N) is 1. The molecule has 1 N–H and O–H groups in total. The Balaban J connectivity index is 1.48. The summed E-state index contributed by atoms with van der Waals surface area (Å²) in [5, 5.41) is 3.64. The van der Waals surface area contributed by atoms with Gasteiger partial charge in [-0.15, -0.1) is 0 Å². The van der Waals surface area contributed by atoms with Crippen LogP contribution in [0.4, 0.5) is 5.82 Å². The van der Waals surface area contributed by atoms with Gasteiger partial charge in [0, 0.05) is 58.6 Å². The first-order valence-electron chi connectivity index (χ1n) is 10.0. The SMILES string of the molecule is CN=C(NC[C@H]1CCCN1CC(C)C)N1CCN(c2ccccn2)CC1. The molecule has 6 heteroatoms. The Hall–Kier alpha value is -1.82. The Kier molecular flexibility index (Phi) is 6.72. The summed E-state index contributed by atoms with van der Waals surface area (Å²) in [5.74, 6) is 2.85. The van der Waals surface area contributed by atoms with Gasteiger partial charge in [0.1, 0.15) is 5.82 Å². The molecule has 0 aromatic carbocycles. The monoisotopic (exact) mass is 358 g/mol. The van der Waals surface area contributed by atoms with Gasteiger partial charge >= 0.3 is 0 Å². The summed E-state index contributed by atoms with van der Waals surface area (Å²) in [6, 6.07) is 6.76. The largest absolute Gasteiger partial charge is 0.355 e. The molecule has 1 atom stereocenters. The van der Waals surface area contributed by atoms with Gasteiger partial charge in [-0.1, -0.05) is 19.9 Å². The highest BCUT2D eigenvalue weighted by atomic mass is 15.4. The fourth-order valence-corrected chi connectivity index (χ4v) is 4.07. The minimum atomic E-state index is 0.643. The summed E-state index contributed by atoms with van der Waals surface area (Å²) in [7, 11) is 1.90. The number of rotatable bonds is 5. The minimum Gasteiger partial charge on any atom is -0.355 e. The first kappa shape index (κ1) is 19.0. The Morgan fingerprint density at radius 1 is 1.23 bits per heavy atom. The van der Waals surface area contributed by atoms with Gasteiger partial charge in [-0.25, -0.2) is 4.98 Å². The molecule has 6 nitrogen and oxygen atoms in total. The zero-order valence-corrected chi connectivity index (χ0v) is 16.6. The van der Waals surface area contributed by atoms with Gasteiger partial charge in [0.2, 0.25) is 0 Å². The van der Waals surface area contributed by atoms with Gasteiger partial charge in [0.15, 0.2) is 5.96 Å². The third kappa shape index (κ3) is 4.87. The molecule has 2 aliphatic heterocycles. The van der Waals surface area contributed by atoms with E-state index in [4.69, 9.17) is 0 Å². The maximum Gasteiger partial charge on any atom is 0.193 e. The first-order valence-corrected chi connectivity index (χ1v) is 10.0. The fraction of sp³-hybridized carbons (Fsp3) is 0.700. The average Bonchev–Trinajstić information content (AvgIpc) is 3.10. The number of pyridine rings is 1. The topological polar surface area (TPSA) is 47.0 Å². The molecule has 0 saturated carbocycles. The van der Waals surface area contributed by atoms with E-state index in [1.165, 1.54) is 25.9 Å². The lowest BCUT2D eigenvalue weighted by atomic mass is 10.1. The molecule has 3 heterocycles. The van der Waals surface area contributed by atoms with Crippen LogP contribution in [-0.2, 0) is 0 Å². The van der Waals surface area contributed by atoms with Crippen LogP contribution in [0.5, 0.6) is 0 Å². The molecular weight excluding hydrogens is 324 g/mol. The van der Waals surface area contributed by atoms with Crippen LogP contribution in [0.1, 0.15) is 26.7 Å². The number of piperazine rings is 1. The molecule has 2 saturated heterocycles. The standard InChI is InChI=1S/C20H34N6/c1-17(2)16-26-10-6-7-18(26)15-23-20(21-3)25-13-11-24(12-14-25)19-8-4-5-9-22-19/h4-5,8-9,17-18H,6-7,10-16H2,1-3H3,(H,21,23)/t18-/m1/s1. The van der Waals surface area contributed by atoms with Crippen molar-refractivity contribution in [3.05, 3.63) is 24.4 Å². The summed E-state index contributed by atoms with van der Waals surface area (Å²) < 4.78 is 0. The molecule has 1 aromatic heterocycles. The van der Waals surface area contributed by atoms with E-state index in [9.17, 15) is 0 Å². The average molecular weight is 359 g/mol. The number of nitrogens with zero attached hydrogens (tertiary/aromatic N) is 5. The van der Waals surface area contributed by atoms with E-state index < -0.39 is 0 Å². The molecule has 0 spiro atoms. The van der Waals surface area contributed by atoms with Crippen molar-refractivity contribution < 1.29 is 0 Å². The Labute approximate surface area is 158 Å². The van der Waals surface area contributed by atoms with Crippen LogP contribution < -0.4 is 10.2 Å². The summed E-state index contributed by atoms with van der Waals surface area (Å²) >= 11 is 0. The van der Waals surface area contributed by atoms with Gasteiger partial charge in [-0.2, -0.15) is 0 Å². The van der Waals surface area contributed by atoms with Crippen molar-refractivity contribution in [3.63, 3.8) is 0 Å². The number of guanidine groups is 1. The number of hydrogen-bond donors (Lipinski definition) is 1. The van der Waals surface area contributed by atoms with Crippen molar-refractivity contribution in [2.24, 2.45) is 10.9 Å². The molecule has 0 unspecified atom stereocenters. The summed E-state index contributed by atoms with van der Waals surface area (Å²) in [4.78, 5) is 16.4. The highest BCUT2D eigenvalue weighted by Gasteiger charge is 2.26. The van der Waals surface area contributed by atoms with Crippen molar-refractivity contribution in [2.45, 2.75) is 32.7 Å². The van der Waals surface area contributed by atoms with E-state index in [-0.39, 0.29) is 0 Å². The van der Waals surface area contributed by atoms with Gasteiger partial charge in [0.25, 0.3) is 0 Å². The highest BCUT2D eigenvalue weighted by molar-refractivity contribution is 5.80. The van der Waals surface area contributed by atoms with Crippen molar-refractivity contribution in [1.82, 2.24) is 20.1 Å². The second-order valence-electron chi connectivity index (χ2n) is 7.77. The van der Waals surface area contributed by atoms with Crippen molar-refractivity contribution in [1.29, 1.82) is 0 Å². The fourth-order valence-electron chi connectivity index (χ4n) is 4.07. The lowest BCUT2D eigenvalue weighted by Crippen LogP contribution is -2.54. The Morgan fingerprint density at radius 3 is 2.69 bits per heavy atom. The number of hydrogen-bond acceptors (Lipinski definition) is 4. The summed E-state index contributed by atoms with van der Waals surface area (Å²) in [5.41, 5.74) is 0. The van der Waals surface area contributed by atoms with Crippen LogP contribution in [0.2, 0.25) is 0 Å². The van der Waals surface area contributed by atoms with Gasteiger partial charge < -0.3 is 15.1 Å². The lowest BCUT2D eigenvalue weighted by molar-refractivity contribution is 0.225. The van der Waals surface area contributed by atoms with E-state index in [1.807, 2.05) is 19.3 Å². The maximum atomic E-state index is 4.54. The van der Waals surface area contributed by atoms with Crippen molar-refractivity contribution >= 4 is 11.8 Å². The van der Waals surface area contributed by atoms with Crippen LogP contribution >= 0.6 is 0 Å². The van der Waals surface area contributed by atoms with Gasteiger partial charge in [0.05, 0.1) is 0 Å². The normalized spacial score (nSPS) is 22.3. The number of aliphatic imine (C=N–C) groups is 1. The van der Waals surface area contributed by atoms with E-state index >= 15 is 0 Å². The molecule has 26 heavy (non-hydrogen) atoms. The number of aromatic nitrogens is 1. The minimum absolute atomic E-state index is 0.643. The molecule has 0 amide bonds. The molecule has 1 aromatic rings. The zero-order valence-electron chi connectivity index (χ0n) is 16.6. The molecule has 144 valence electrons. The number of anilines is 1. The third-order valence-corrected chi connectivity index (χ3v) is 5.36. The zero-order chi connectivity index (χ0) is 18.4. The molecular formula is C20H34N6. The molecule has 3 rings (SSSR count). The molecule has 2 fully saturated rings. The van der Waals surface area contributed by atoms with Gasteiger partial charge in [-0.3, -0.25) is 9.89 Å². The smallest absolute Gasteiger partial charge is 0.193 e. The Bertz CT molecular complexity index is 565. The van der Waals surface area contributed by atoms with E-state index in [1.54, 1.807) is 0 Å². The summed E-state index contributed by atoms with van der Waals surface area (Å²) in [6.45, 7) is 12.0. The predicted octanol–water partition coefficient (Wildman–Crippen LogP) is 1.90. The lowest BCUT2D eigenvalue weighted by Gasteiger charge is -2.37. The molecule has 0 aliphatic carbocycles. The summed E-state index contributed by atoms with van der Waals surface area (Å²) in [6.07, 6.45) is 4.48. The van der Waals surface area contributed by atoms with Crippen LogP contribution in [0.3, 0.4) is 0 Å². The van der Waals surface area contributed by atoms with Crippen LogP contribution in [0, 0.1) is 5.92 Å². The van der Waals surface area contributed by atoms with Crippen LogP contribution in [0.25, 0.3) is 0 Å². The molecule has 0 bridgehead atoms. The highest BCUT2D eigenvalue weighted by Crippen LogP contribution is 2.18. The first-order chi connectivity index (χ1) is 12.7. The second-order valence-corrected chi connectivity index (χ2v) is 7.77. The second kappa shape index (κ2) is 9.21. The molecule has 0 radical (unpaired) electrons. The maximum absolute atomic E-state index is 4.54. The number of likely N-dealkylation sites (tertiary alicyclic amines) is 1. The predicted molar refractivity (Wildman–Crippen MR) is 109 cm³/mol. The van der Waals surface area contributed by atoms with E-state index in [2.05, 4.69) is 56.0 Å². The van der Waals surface area contributed by atoms with Crippen molar-refractivity contribution in [2.75, 3.05) is 57.8 Å². The van der Waals surface area contributed by atoms with Crippen molar-refractivity contribution in [3.8, 4) is 0 Å². The van der Waals surface area contributed by atoms with Crippen LogP contribution in [0.15, 0.2) is 29.4 Å². The Morgan fingerprint density at radius 2 is 2.04 bits per heavy atom. The van der Waals surface area contributed by atoms with Crippen LogP contribution in [-0.4, -0.2) is 79.6 Å².